The van der Waals surface area contributed by atoms with Crippen LogP contribution in [0.1, 0.15) is 17.9 Å². The molecular weight excluding hydrogens is 361 g/mol. The first-order valence-electron chi connectivity index (χ1n) is 8.16. The number of fused-ring (bicyclic) bond motifs is 1. The molecule has 2 aliphatic rings. The Morgan fingerprint density at radius 2 is 1.85 bits per heavy atom. The summed E-state index contributed by atoms with van der Waals surface area (Å²) in [5, 5.41) is 0. The SMILES string of the molecule is O=C(NS(=O)(=O)c1ccc2c(c1)OCCO2)[C@H]1C[C@@H]1c1cccc(F)c1. The summed E-state index contributed by atoms with van der Waals surface area (Å²) in [5.74, 6) is -0.818. The maximum atomic E-state index is 13.3. The number of rotatable bonds is 4. The number of carbonyl (C=O) groups excluding carboxylic acids is 1. The molecule has 6 nitrogen and oxygen atoms in total. The van der Waals surface area contributed by atoms with Gasteiger partial charge in [-0.1, -0.05) is 12.1 Å². The molecule has 8 heteroatoms. The molecule has 2 atom stereocenters. The normalized spacial score (nSPS) is 21.1. The lowest BCUT2D eigenvalue weighted by atomic mass is 10.1. The third-order valence-corrected chi connectivity index (χ3v) is 5.81. The first-order valence-corrected chi connectivity index (χ1v) is 9.64. The minimum atomic E-state index is -4.02. The van der Waals surface area contributed by atoms with E-state index in [4.69, 9.17) is 9.47 Å². The topological polar surface area (TPSA) is 81.7 Å². The van der Waals surface area contributed by atoms with Gasteiger partial charge in [0.15, 0.2) is 11.5 Å². The average molecular weight is 377 g/mol. The van der Waals surface area contributed by atoms with E-state index in [1.165, 1.54) is 30.3 Å². The van der Waals surface area contributed by atoms with Crippen LogP contribution in [-0.4, -0.2) is 27.5 Å². The van der Waals surface area contributed by atoms with Crippen LogP contribution in [0.5, 0.6) is 11.5 Å². The minimum Gasteiger partial charge on any atom is -0.486 e. The lowest BCUT2D eigenvalue weighted by Gasteiger charge is -2.18. The molecule has 4 rings (SSSR count). The summed E-state index contributed by atoms with van der Waals surface area (Å²) in [5.41, 5.74) is 0.696. The summed E-state index contributed by atoms with van der Waals surface area (Å²) in [4.78, 5) is 12.2. The van der Waals surface area contributed by atoms with Crippen LogP contribution < -0.4 is 14.2 Å². The van der Waals surface area contributed by atoms with Crippen LogP contribution in [0.4, 0.5) is 4.39 Å². The molecule has 1 heterocycles. The van der Waals surface area contributed by atoms with Gasteiger partial charge in [-0.3, -0.25) is 4.79 Å². The van der Waals surface area contributed by atoms with Crippen molar-refractivity contribution in [3.63, 3.8) is 0 Å². The molecule has 1 aliphatic heterocycles. The van der Waals surface area contributed by atoms with E-state index in [1.807, 2.05) is 0 Å². The monoisotopic (exact) mass is 377 g/mol. The van der Waals surface area contributed by atoms with E-state index < -0.39 is 21.8 Å². The first-order chi connectivity index (χ1) is 12.4. The van der Waals surface area contributed by atoms with Crippen molar-refractivity contribution in [2.45, 2.75) is 17.2 Å². The van der Waals surface area contributed by atoms with Crippen LogP contribution in [0.15, 0.2) is 47.4 Å². The van der Waals surface area contributed by atoms with Crippen molar-refractivity contribution in [1.29, 1.82) is 0 Å². The Morgan fingerprint density at radius 3 is 2.62 bits per heavy atom. The van der Waals surface area contributed by atoms with Crippen molar-refractivity contribution in [1.82, 2.24) is 4.72 Å². The van der Waals surface area contributed by atoms with Gasteiger partial charge in [-0.15, -0.1) is 0 Å². The molecule has 1 amide bonds. The molecule has 2 aromatic rings. The number of hydrogen-bond acceptors (Lipinski definition) is 5. The summed E-state index contributed by atoms with van der Waals surface area (Å²) in [6.45, 7) is 0.735. The highest BCUT2D eigenvalue weighted by Crippen LogP contribution is 2.47. The van der Waals surface area contributed by atoms with E-state index in [9.17, 15) is 17.6 Å². The van der Waals surface area contributed by atoms with Crippen LogP contribution >= 0.6 is 0 Å². The van der Waals surface area contributed by atoms with E-state index >= 15 is 0 Å². The molecule has 1 aliphatic carbocycles. The summed E-state index contributed by atoms with van der Waals surface area (Å²) in [7, 11) is -4.02. The zero-order valence-electron chi connectivity index (χ0n) is 13.6. The first kappa shape index (κ1) is 16.8. The molecule has 1 N–H and O–H groups in total. The number of halogens is 1. The second kappa shape index (κ2) is 6.28. The Balaban J connectivity index is 1.47. The number of nitrogens with one attached hydrogen (secondary N) is 1. The molecule has 1 saturated carbocycles. The van der Waals surface area contributed by atoms with Gasteiger partial charge in [0.05, 0.1) is 4.90 Å². The molecule has 0 radical (unpaired) electrons. The number of benzene rings is 2. The van der Waals surface area contributed by atoms with Crippen LogP contribution in [0.3, 0.4) is 0 Å². The molecule has 0 spiro atoms. The van der Waals surface area contributed by atoms with Crippen molar-refractivity contribution < 1.29 is 27.1 Å². The highest BCUT2D eigenvalue weighted by molar-refractivity contribution is 7.90. The summed E-state index contributed by atoms with van der Waals surface area (Å²) < 4.78 is 51.1. The average Bonchev–Trinajstić information content (AvgIpc) is 3.42. The Bertz CT molecular complexity index is 975. The summed E-state index contributed by atoms with van der Waals surface area (Å²) >= 11 is 0. The molecule has 0 unspecified atom stereocenters. The fourth-order valence-corrected chi connectivity index (χ4v) is 4.09. The molecule has 0 saturated heterocycles. The maximum Gasteiger partial charge on any atom is 0.264 e. The molecule has 136 valence electrons. The number of hydrogen-bond donors (Lipinski definition) is 1. The van der Waals surface area contributed by atoms with Gasteiger partial charge in [0.1, 0.15) is 19.0 Å². The number of ether oxygens (including phenoxy) is 2. The molecule has 1 fully saturated rings. The second-order valence-corrected chi connectivity index (χ2v) is 7.96. The Labute approximate surface area is 150 Å². The number of carbonyl (C=O) groups is 1. The Morgan fingerprint density at radius 1 is 1.08 bits per heavy atom. The van der Waals surface area contributed by atoms with Crippen molar-refractivity contribution >= 4 is 15.9 Å². The summed E-state index contributed by atoms with van der Waals surface area (Å²) in [6, 6.07) is 10.2. The van der Waals surface area contributed by atoms with Gasteiger partial charge in [0.25, 0.3) is 10.0 Å². The van der Waals surface area contributed by atoms with Crippen LogP contribution in [0.25, 0.3) is 0 Å². The molecule has 2 aromatic carbocycles. The van der Waals surface area contributed by atoms with Crippen molar-refractivity contribution in [3.05, 3.63) is 53.8 Å². The molecular formula is C18H16FNO5S. The standard InChI is InChI=1S/C18H16FNO5S/c19-12-3-1-2-11(8-12)14-10-15(14)18(21)20-26(22,23)13-4-5-16-17(9-13)25-7-6-24-16/h1-5,8-9,14-15H,6-7,10H2,(H,20,21)/t14-,15+/m1/s1. The minimum absolute atomic E-state index is 0.0712. The highest BCUT2D eigenvalue weighted by Gasteiger charge is 2.45. The van der Waals surface area contributed by atoms with E-state index in [0.29, 0.717) is 36.7 Å². The summed E-state index contributed by atoms with van der Waals surface area (Å²) in [6.07, 6.45) is 0.492. The Kier molecular flexibility index (Phi) is 4.07. The van der Waals surface area contributed by atoms with E-state index in [0.717, 1.165) is 0 Å². The molecule has 0 aromatic heterocycles. The zero-order chi connectivity index (χ0) is 18.3. The smallest absolute Gasteiger partial charge is 0.264 e. The van der Waals surface area contributed by atoms with E-state index in [2.05, 4.69) is 4.72 Å². The van der Waals surface area contributed by atoms with Gasteiger partial charge in [0, 0.05) is 12.0 Å². The predicted octanol–water partition coefficient (Wildman–Crippen LogP) is 2.21. The highest BCUT2D eigenvalue weighted by atomic mass is 32.2. The van der Waals surface area contributed by atoms with Crippen molar-refractivity contribution in [3.8, 4) is 11.5 Å². The molecule has 26 heavy (non-hydrogen) atoms. The van der Waals surface area contributed by atoms with Gasteiger partial charge >= 0.3 is 0 Å². The maximum absolute atomic E-state index is 13.3. The third kappa shape index (κ3) is 3.24. The van der Waals surface area contributed by atoms with Crippen LogP contribution in [-0.2, 0) is 14.8 Å². The second-order valence-electron chi connectivity index (χ2n) is 6.28. The number of amides is 1. The lowest BCUT2D eigenvalue weighted by molar-refractivity contribution is -0.120. The largest absolute Gasteiger partial charge is 0.486 e. The van der Waals surface area contributed by atoms with Crippen molar-refractivity contribution in [2.24, 2.45) is 5.92 Å². The fourth-order valence-electron chi connectivity index (χ4n) is 3.05. The van der Waals surface area contributed by atoms with E-state index in [-0.39, 0.29) is 16.6 Å². The van der Waals surface area contributed by atoms with Gasteiger partial charge in [-0.25, -0.2) is 17.5 Å². The van der Waals surface area contributed by atoms with Gasteiger partial charge < -0.3 is 9.47 Å². The quantitative estimate of drug-likeness (QED) is 0.883. The Hall–Kier alpha value is -2.61. The van der Waals surface area contributed by atoms with Crippen LogP contribution in [0, 0.1) is 11.7 Å². The van der Waals surface area contributed by atoms with E-state index in [1.54, 1.807) is 12.1 Å². The predicted molar refractivity (Wildman–Crippen MR) is 90.0 cm³/mol. The van der Waals surface area contributed by atoms with Gasteiger partial charge in [0.2, 0.25) is 5.91 Å². The van der Waals surface area contributed by atoms with Crippen LogP contribution in [0.2, 0.25) is 0 Å². The fraction of sp³-hybridized carbons (Fsp3) is 0.278. The van der Waals surface area contributed by atoms with Gasteiger partial charge in [-0.05, 0) is 42.2 Å². The lowest BCUT2D eigenvalue weighted by Crippen LogP contribution is -2.32. The third-order valence-electron chi connectivity index (χ3n) is 4.46. The zero-order valence-corrected chi connectivity index (χ0v) is 14.5. The van der Waals surface area contributed by atoms with Gasteiger partial charge in [-0.2, -0.15) is 0 Å². The number of sulfonamides is 1. The molecule has 0 bridgehead atoms. The van der Waals surface area contributed by atoms with Crippen molar-refractivity contribution in [2.75, 3.05) is 13.2 Å².